The Bertz CT molecular complexity index is 545. The third kappa shape index (κ3) is 4.07. The zero-order valence-electron chi connectivity index (χ0n) is 12.1. The molecule has 0 saturated heterocycles. The highest BCUT2D eigenvalue weighted by atomic mass is 16.3. The molecule has 1 heterocycles. The van der Waals surface area contributed by atoms with Gasteiger partial charge in [-0.3, -0.25) is 4.79 Å². The molecule has 0 atom stereocenters. The predicted octanol–water partition coefficient (Wildman–Crippen LogP) is 3.68. The number of nitrogens with zero attached hydrogens (tertiary/aromatic N) is 1. The van der Waals surface area contributed by atoms with Gasteiger partial charge in [-0.15, -0.1) is 0 Å². The maximum absolute atomic E-state index is 12.0. The minimum atomic E-state index is 0.221. The maximum Gasteiger partial charge on any atom is 0.162 e. The topological polar surface area (TPSA) is 33.5 Å². The van der Waals surface area contributed by atoms with Crippen molar-refractivity contribution in [2.75, 3.05) is 13.6 Å². The number of hydrogen-bond donors (Lipinski definition) is 0. The van der Waals surface area contributed by atoms with E-state index in [0.717, 1.165) is 30.8 Å². The zero-order valence-corrected chi connectivity index (χ0v) is 12.1. The Balaban J connectivity index is 1.73. The molecule has 1 aromatic carbocycles. The van der Waals surface area contributed by atoms with Crippen molar-refractivity contribution in [2.24, 2.45) is 0 Å². The van der Waals surface area contributed by atoms with Gasteiger partial charge in [0.1, 0.15) is 5.76 Å². The molecule has 3 nitrogen and oxygen atoms in total. The molecule has 0 amide bonds. The fourth-order valence-electron chi connectivity index (χ4n) is 2.22. The summed E-state index contributed by atoms with van der Waals surface area (Å²) in [5, 5.41) is 0. The van der Waals surface area contributed by atoms with Crippen LogP contribution in [0.1, 0.15) is 34.5 Å². The summed E-state index contributed by atoms with van der Waals surface area (Å²) in [4.78, 5) is 14.2. The molecule has 0 aliphatic rings. The van der Waals surface area contributed by atoms with Crippen LogP contribution in [0.15, 0.2) is 47.1 Å². The van der Waals surface area contributed by atoms with Gasteiger partial charge in [-0.1, -0.05) is 30.3 Å². The first-order valence-electron chi connectivity index (χ1n) is 6.96. The van der Waals surface area contributed by atoms with Crippen LogP contribution in [-0.4, -0.2) is 24.3 Å². The van der Waals surface area contributed by atoms with E-state index in [2.05, 4.69) is 11.9 Å². The molecule has 0 unspecified atom stereocenters. The first-order chi connectivity index (χ1) is 9.66. The van der Waals surface area contributed by atoms with Crippen LogP contribution in [0.25, 0.3) is 0 Å². The quantitative estimate of drug-likeness (QED) is 0.720. The summed E-state index contributed by atoms with van der Waals surface area (Å²) in [6.45, 7) is 3.74. The van der Waals surface area contributed by atoms with E-state index in [1.165, 1.54) is 5.56 Å². The van der Waals surface area contributed by atoms with Crippen LogP contribution in [0.3, 0.4) is 0 Å². The maximum atomic E-state index is 12.0. The van der Waals surface area contributed by atoms with Crippen molar-refractivity contribution in [1.82, 2.24) is 4.90 Å². The molecule has 0 saturated carbocycles. The molecule has 106 valence electrons. The predicted molar refractivity (Wildman–Crippen MR) is 79.8 cm³/mol. The molecule has 0 radical (unpaired) electrons. The summed E-state index contributed by atoms with van der Waals surface area (Å²) in [7, 11) is 2.07. The van der Waals surface area contributed by atoms with Crippen LogP contribution in [0.4, 0.5) is 0 Å². The minimum absolute atomic E-state index is 0.221. The summed E-state index contributed by atoms with van der Waals surface area (Å²) >= 11 is 0. The van der Waals surface area contributed by atoms with Gasteiger partial charge in [-0.05, 0) is 33.0 Å². The van der Waals surface area contributed by atoms with E-state index in [4.69, 9.17) is 4.42 Å². The van der Waals surface area contributed by atoms with E-state index in [1.54, 1.807) is 6.26 Å². The molecule has 3 heteroatoms. The summed E-state index contributed by atoms with van der Waals surface area (Å²) in [6, 6.07) is 11.5. The van der Waals surface area contributed by atoms with Crippen LogP contribution in [0.5, 0.6) is 0 Å². The van der Waals surface area contributed by atoms with Crippen molar-refractivity contribution in [3.05, 3.63) is 59.5 Å². The number of hydrogen-bond acceptors (Lipinski definition) is 3. The number of rotatable bonds is 7. The van der Waals surface area contributed by atoms with Crippen molar-refractivity contribution >= 4 is 5.78 Å². The molecule has 1 aromatic heterocycles. The lowest BCUT2D eigenvalue weighted by Crippen LogP contribution is -2.20. The van der Waals surface area contributed by atoms with E-state index in [1.807, 2.05) is 43.3 Å². The average Bonchev–Trinajstić information content (AvgIpc) is 2.85. The molecular formula is C17H21NO2. The number of aryl methyl sites for hydroxylation is 1. The molecule has 0 bridgehead atoms. The summed E-state index contributed by atoms with van der Waals surface area (Å²) in [5.41, 5.74) is 2.02. The molecule has 0 aliphatic carbocycles. The van der Waals surface area contributed by atoms with Gasteiger partial charge in [-0.2, -0.15) is 0 Å². The number of furan rings is 1. The van der Waals surface area contributed by atoms with Gasteiger partial charge in [0.05, 0.1) is 6.26 Å². The Kier molecular flexibility index (Phi) is 5.13. The highest BCUT2D eigenvalue weighted by molar-refractivity contribution is 5.95. The Morgan fingerprint density at radius 3 is 2.60 bits per heavy atom. The number of carbonyl (C=O) groups excluding carboxylic acids is 1. The van der Waals surface area contributed by atoms with Crippen LogP contribution < -0.4 is 0 Å². The number of Topliss-reactive ketones (excluding diaryl/α,β-unsaturated/α-hetero) is 1. The van der Waals surface area contributed by atoms with Crippen LogP contribution in [-0.2, 0) is 6.54 Å². The molecule has 20 heavy (non-hydrogen) atoms. The van der Waals surface area contributed by atoms with Crippen LogP contribution in [0.2, 0.25) is 0 Å². The van der Waals surface area contributed by atoms with Gasteiger partial charge in [0.25, 0.3) is 0 Å². The van der Waals surface area contributed by atoms with Gasteiger partial charge in [-0.25, -0.2) is 0 Å². The Morgan fingerprint density at radius 2 is 1.95 bits per heavy atom. The Morgan fingerprint density at radius 1 is 1.20 bits per heavy atom. The van der Waals surface area contributed by atoms with Crippen molar-refractivity contribution in [3.8, 4) is 0 Å². The van der Waals surface area contributed by atoms with Crippen molar-refractivity contribution in [3.63, 3.8) is 0 Å². The summed E-state index contributed by atoms with van der Waals surface area (Å²) in [6.07, 6.45) is 3.19. The Labute approximate surface area is 120 Å². The average molecular weight is 271 g/mol. The normalized spacial score (nSPS) is 10.9. The highest BCUT2D eigenvalue weighted by Crippen LogP contribution is 2.12. The molecule has 2 aromatic rings. The van der Waals surface area contributed by atoms with Crippen molar-refractivity contribution in [1.29, 1.82) is 0 Å². The molecular weight excluding hydrogens is 250 g/mol. The van der Waals surface area contributed by atoms with E-state index < -0.39 is 0 Å². The van der Waals surface area contributed by atoms with E-state index >= 15 is 0 Å². The highest BCUT2D eigenvalue weighted by Gasteiger charge is 2.08. The van der Waals surface area contributed by atoms with Crippen LogP contribution in [0, 0.1) is 6.92 Å². The lowest BCUT2D eigenvalue weighted by molar-refractivity contribution is 0.0976. The molecule has 0 aliphatic heterocycles. The molecule has 0 N–H and O–H groups in total. The summed E-state index contributed by atoms with van der Waals surface area (Å²) < 4.78 is 5.29. The monoisotopic (exact) mass is 271 g/mol. The van der Waals surface area contributed by atoms with Gasteiger partial charge in [0, 0.05) is 24.1 Å². The first kappa shape index (κ1) is 14.5. The second-order valence-electron chi connectivity index (χ2n) is 5.13. The standard InChI is InChI=1S/C17H21NO2/c1-14-16(10-12-20-14)13-18(2)11-6-9-17(19)15-7-4-3-5-8-15/h3-5,7-8,10,12H,6,9,11,13H2,1-2H3. The molecule has 0 spiro atoms. The van der Waals surface area contributed by atoms with Gasteiger partial charge >= 0.3 is 0 Å². The molecule has 2 rings (SSSR count). The second kappa shape index (κ2) is 7.06. The first-order valence-corrected chi connectivity index (χ1v) is 6.96. The summed E-state index contributed by atoms with van der Waals surface area (Å²) in [5.74, 6) is 1.19. The fourth-order valence-corrected chi connectivity index (χ4v) is 2.22. The minimum Gasteiger partial charge on any atom is -0.469 e. The van der Waals surface area contributed by atoms with E-state index in [0.29, 0.717) is 6.42 Å². The zero-order chi connectivity index (χ0) is 14.4. The smallest absolute Gasteiger partial charge is 0.162 e. The SMILES string of the molecule is Cc1occc1CN(C)CCCC(=O)c1ccccc1. The lowest BCUT2D eigenvalue weighted by Gasteiger charge is -2.15. The van der Waals surface area contributed by atoms with Crippen molar-refractivity contribution < 1.29 is 9.21 Å². The van der Waals surface area contributed by atoms with Crippen molar-refractivity contribution in [2.45, 2.75) is 26.3 Å². The molecule has 0 fully saturated rings. The fraction of sp³-hybridized carbons (Fsp3) is 0.353. The number of carbonyl (C=O) groups is 1. The van der Waals surface area contributed by atoms with Gasteiger partial charge in [0.2, 0.25) is 0 Å². The Hall–Kier alpha value is -1.87. The second-order valence-corrected chi connectivity index (χ2v) is 5.13. The number of ketones is 1. The third-order valence-corrected chi connectivity index (χ3v) is 3.45. The van der Waals surface area contributed by atoms with Gasteiger partial charge in [0.15, 0.2) is 5.78 Å². The van der Waals surface area contributed by atoms with E-state index in [9.17, 15) is 4.79 Å². The van der Waals surface area contributed by atoms with E-state index in [-0.39, 0.29) is 5.78 Å². The lowest BCUT2D eigenvalue weighted by atomic mass is 10.1. The largest absolute Gasteiger partial charge is 0.469 e. The third-order valence-electron chi connectivity index (χ3n) is 3.45. The number of benzene rings is 1. The van der Waals surface area contributed by atoms with Gasteiger partial charge < -0.3 is 9.32 Å². The van der Waals surface area contributed by atoms with Crippen LogP contribution >= 0.6 is 0 Å².